The fourth-order valence-corrected chi connectivity index (χ4v) is 3.72. The fraction of sp³-hybridized carbons (Fsp3) is 0.640. The molecule has 2 bridgehead atoms. The molecule has 2 heteroatoms. The lowest BCUT2D eigenvalue weighted by atomic mass is 9.73. The van der Waals surface area contributed by atoms with E-state index in [0.29, 0.717) is 5.41 Å². The summed E-state index contributed by atoms with van der Waals surface area (Å²) in [6.45, 7) is 19.1. The first-order valence-corrected chi connectivity index (χ1v) is 10.2. The third kappa shape index (κ3) is 9.91. The number of carbonyl (C=O) groups is 1. The molecule has 2 fully saturated rings. The van der Waals surface area contributed by atoms with Crippen LogP contribution in [0, 0.1) is 17.3 Å². The van der Waals surface area contributed by atoms with E-state index in [-0.39, 0.29) is 6.61 Å². The number of aliphatic hydroxyl groups excluding tert-OH is 1. The molecule has 0 aromatic carbocycles. The van der Waals surface area contributed by atoms with Crippen molar-refractivity contribution in [2.75, 3.05) is 6.61 Å². The van der Waals surface area contributed by atoms with Crippen LogP contribution in [0.4, 0.5) is 0 Å². The Morgan fingerprint density at radius 2 is 1.74 bits per heavy atom. The topological polar surface area (TPSA) is 37.3 Å². The first kappa shape index (κ1) is 25.6. The van der Waals surface area contributed by atoms with Crippen LogP contribution in [0.25, 0.3) is 0 Å². The Morgan fingerprint density at radius 1 is 1.11 bits per heavy atom. The maximum Gasteiger partial charge on any atom is 0.142 e. The lowest BCUT2D eigenvalue weighted by Crippen LogP contribution is -2.21. The molecule has 0 aromatic heterocycles. The van der Waals surface area contributed by atoms with Gasteiger partial charge in [-0.1, -0.05) is 54.9 Å². The summed E-state index contributed by atoms with van der Waals surface area (Å²) < 4.78 is 0. The van der Waals surface area contributed by atoms with Crippen LogP contribution in [-0.4, -0.2) is 18.0 Å². The van der Waals surface area contributed by atoms with E-state index in [4.69, 9.17) is 5.11 Å². The molecule has 2 rings (SSSR count). The van der Waals surface area contributed by atoms with Crippen molar-refractivity contribution in [3.8, 4) is 0 Å². The van der Waals surface area contributed by atoms with E-state index in [1.165, 1.54) is 42.1 Å². The van der Waals surface area contributed by atoms with Crippen LogP contribution < -0.4 is 0 Å². The van der Waals surface area contributed by atoms with Gasteiger partial charge in [0.05, 0.1) is 6.61 Å². The van der Waals surface area contributed by atoms with Gasteiger partial charge in [-0.25, -0.2) is 0 Å². The number of allylic oxidation sites excluding steroid dienone is 6. The molecular weight excluding hydrogens is 332 g/mol. The second kappa shape index (κ2) is 12.9. The molecule has 2 unspecified atom stereocenters. The molecule has 0 spiro atoms. The van der Waals surface area contributed by atoms with Gasteiger partial charge < -0.3 is 5.11 Å². The van der Waals surface area contributed by atoms with E-state index in [9.17, 15) is 4.79 Å². The number of carbonyl (C=O) groups excluding carboxylic acids is 1. The fourth-order valence-electron chi connectivity index (χ4n) is 3.72. The Bertz CT molecular complexity index is 553. The smallest absolute Gasteiger partial charge is 0.142 e. The summed E-state index contributed by atoms with van der Waals surface area (Å²) in [5.74, 6) is 1.85. The summed E-state index contributed by atoms with van der Waals surface area (Å²) in [4.78, 5) is 9.54. The summed E-state index contributed by atoms with van der Waals surface area (Å²) in [7, 11) is 0. The number of fused-ring (bicyclic) bond motifs is 2. The zero-order valence-corrected chi connectivity index (χ0v) is 18.8. The molecule has 0 radical (unpaired) electrons. The minimum atomic E-state index is 0.167. The van der Waals surface area contributed by atoms with Gasteiger partial charge >= 0.3 is 0 Å². The van der Waals surface area contributed by atoms with Gasteiger partial charge in [0, 0.05) is 0 Å². The van der Waals surface area contributed by atoms with Crippen molar-refractivity contribution < 1.29 is 9.90 Å². The third-order valence-corrected chi connectivity index (χ3v) is 5.71. The Hall–Kier alpha value is -1.41. The van der Waals surface area contributed by atoms with Crippen LogP contribution in [0.1, 0.15) is 80.6 Å². The van der Waals surface area contributed by atoms with Gasteiger partial charge in [-0.15, -0.1) is 0 Å². The van der Waals surface area contributed by atoms with Gasteiger partial charge in [0.15, 0.2) is 0 Å². The van der Waals surface area contributed by atoms with Crippen LogP contribution in [0.3, 0.4) is 0 Å². The summed E-state index contributed by atoms with van der Waals surface area (Å²) >= 11 is 0. The maximum absolute atomic E-state index is 9.54. The molecule has 2 aliphatic carbocycles. The highest BCUT2D eigenvalue weighted by Crippen LogP contribution is 2.58. The van der Waals surface area contributed by atoms with E-state index >= 15 is 0 Å². The molecule has 2 atom stereocenters. The van der Waals surface area contributed by atoms with Crippen molar-refractivity contribution in [1.29, 1.82) is 0 Å². The predicted molar refractivity (Wildman–Crippen MR) is 119 cm³/mol. The van der Waals surface area contributed by atoms with E-state index in [2.05, 4.69) is 47.3 Å². The van der Waals surface area contributed by atoms with Gasteiger partial charge in [0.1, 0.15) is 6.29 Å². The summed E-state index contributed by atoms with van der Waals surface area (Å²) in [6, 6.07) is 0. The number of aliphatic hydroxyl groups is 1. The highest BCUT2D eigenvalue weighted by atomic mass is 16.2. The van der Waals surface area contributed by atoms with Crippen LogP contribution in [0.5, 0.6) is 0 Å². The van der Waals surface area contributed by atoms with Gasteiger partial charge in [-0.2, -0.15) is 0 Å². The molecule has 2 aliphatic rings. The maximum atomic E-state index is 9.54. The van der Waals surface area contributed by atoms with Crippen molar-refractivity contribution in [1.82, 2.24) is 0 Å². The molecule has 154 valence electrons. The molecule has 27 heavy (non-hydrogen) atoms. The van der Waals surface area contributed by atoms with Crippen LogP contribution in [0.2, 0.25) is 0 Å². The monoisotopic (exact) mass is 374 g/mol. The second-order valence-corrected chi connectivity index (χ2v) is 8.89. The average Bonchev–Trinajstić information content (AvgIpc) is 3.11. The van der Waals surface area contributed by atoms with E-state index < -0.39 is 0 Å². The highest BCUT2D eigenvalue weighted by Gasteiger charge is 2.47. The van der Waals surface area contributed by atoms with Crippen molar-refractivity contribution >= 4 is 6.29 Å². The molecule has 0 saturated heterocycles. The Kier molecular flexibility index (Phi) is 12.2. The number of hydrogen-bond donors (Lipinski definition) is 1. The minimum absolute atomic E-state index is 0.167. The second-order valence-electron chi connectivity index (χ2n) is 8.89. The van der Waals surface area contributed by atoms with Gasteiger partial charge in [-0.3, -0.25) is 4.79 Å². The molecule has 2 nitrogen and oxygen atoms in total. The lowest BCUT2D eigenvalue weighted by molar-refractivity contribution is -0.104. The molecule has 0 aromatic rings. The van der Waals surface area contributed by atoms with Crippen LogP contribution >= 0.6 is 0 Å². The Morgan fingerprint density at radius 3 is 2.04 bits per heavy atom. The average molecular weight is 375 g/mol. The Balaban J connectivity index is 0.000000393. The van der Waals surface area contributed by atoms with E-state index in [1.807, 2.05) is 19.9 Å². The highest BCUT2D eigenvalue weighted by molar-refractivity contribution is 5.65. The lowest BCUT2D eigenvalue weighted by Gasteiger charge is -2.31. The largest absolute Gasteiger partial charge is 0.392 e. The summed E-state index contributed by atoms with van der Waals surface area (Å²) in [6.07, 6.45) is 12.9. The minimum Gasteiger partial charge on any atom is -0.392 e. The molecule has 1 N–H and O–H groups in total. The van der Waals surface area contributed by atoms with Gasteiger partial charge in [0.25, 0.3) is 0 Å². The zero-order chi connectivity index (χ0) is 21.0. The van der Waals surface area contributed by atoms with Crippen molar-refractivity contribution in [2.24, 2.45) is 17.3 Å². The first-order valence-electron chi connectivity index (χ1n) is 10.2. The van der Waals surface area contributed by atoms with Gasteiger partial charge in [-0.05, 0) is 90.0 Å². The van der Waals surface area contributed by atoms with E-state index in [0.717, 1.165) is 36.5 Å². The SMILES string of the molecule is C=C1C2CCC(C2)C1(C)C.CC(C)=CC=O.CC(C)=CCC/C(C)=C/CO. The summed E-state index contributed by atoms with van der Waals surface area (Å²) in [5, 5.41) is 8.55. The van der Waals surface area contributed by atoms with Crippen molar-refractivity contribution in [3.63, 3.8) is 0 Å². The molecule has 0 heterocycles. The Labute approximate surface area is 168 Å². The molecule has 0 amide bonds. The van der Waals surface area contributed by atoms with Crippen LogP contribution in [0.15, 0.2) is 47.1 Å². The number of hydrogen-bond acceptors (Lipinski definition) is 2. The predicted octanol–water partition coefficient (Wildman–Crippen LogP) is 6.82. The first-order chi connectivity index (χ1) is 12.6. The molecule has 0 aliphatic heterocycles. The standard InChI is InChI=1S/C10H18O.C10H16.C5H8O/c1-9(2)5-4-6-10(3)7-8-11;1-7-8-4-5-9(6-8)10(7,2)3;1-5(2)3-4-6/h5,7,11H,4,6,8H2,1-3H3;8-9H,1,4-6H2,2-3H3;3-4H,1-2H3/b10-7+;;. The zero-order valence-electron chi connectivity index (χ0n) is 18.8. The normalized spacial score (nSPS) is 22.1. The van der Waals surface area contributed by atoms with Gasteiger partial charge in [0.2, 0.25) is 0 Å². The third-order valence-electron chi connectivity index (χ3n) is 5.71. The molecular formula is C25H42O2. The number of rotatable bonds is 5. The van der Waals surface area contributed by atoms with E-state index in [1.54, 1.807) is 0 Å². The quantitative estimate of drug-likeness (QED) is 0.325. The van der Waals surface area contributed by atoms with Crippen LogP contribution in [-0.2, 0) is 4.79 Å². The number of aldehydes is 1. The molecule has 2 saturated carbocycles. The van der Waals surface area contributed by atoms with Crippen molar-refractivity contribution in [3.05, 3.63) is 47.1 Å². The van der Waals surface area contributed by atoms with Crippen molar-refractivity contribution in [2.45, 2.75) is 80.6 Å². The summed E-state index contributed by atoms with van der Waals surface area (Å²) in [5.41, 5.74) is 5.68.